The number of amides is 2. The quantitative estimate of drug-likeness (QED) is 0.829. The molecule has 1 saturated heterocycles. The average molecular weight is 346 g/mol. The van der Waals surface area contributed by atoms with Gasteiger partial charge in [-0.25, -0.2) is 0 Å². The van der Waals surface area contributed by atoms with Crippen LogP contribution in [0, 0.1) is 0 Å². The highest BCUT2D eigenvalue weighted by atomic mass is 16.4. The van der Waals surface area contributed by atoms with E-state index < -0.39 is 5.97 Å². The van der Waals surface area contributed by atoms with Gasteiger partial charge in [-0.1, -0.05) is 0 Å². The van der Waals surface area contributed by atoms with E-state index in [4.69, 9.17) is 5.11 Å². The molecule has 0 bridgehead atoms. The first-order chi connectivity index (χ1) is 11.9. The Bertz CT molecular complexity index is 625. The summed E-state index contributed by atoms with van der Waals surface area (Å²) in [6, 6.07) is 6.67. The Hall–Kier alpha value is -2.37. The van der Waals surface area contributed by atoms with E-state index in [1.807, 2.05) is 13.8 Å². The van der Waals surface area contributed by atoms with Crippen LogP contribution in [0.4, 0.5) is 0 Å². The van der Waals surface area contributed by atoms with Gasteiger partial charge in [-0.2, -0.15) is 0 Å². The number of carbonyl (C=O) groups excluding carboxylic acids is 2. The topological polar surface area (TPSA) is 86.7 Å². The zero-order valence-corrected chi connectivity index (χ0v) is 14.8. The van der Waals surface area contributed by atoms with Crippen molar-refractivity contribution >= 4 is 17.8 Å². The van der Waals surface area contributed by atoms with Crippen LogP contribution in [-0.2, 0) is 4.79 Å². The molecule has 2 N–H and O–H groups in total. The molecule has 136 valence electrons. The number of nitrogens with one attached hydrogen (secondary N) is 1. The Morgan fingerprint density at radius 3 is 2.40 bits per heavy atom. The van der Waals surface area contributed by atoms with Gasteiger partial charge in [-0.05, 0) is 63.8 Å². The number of piperidine rings is 1. The Labute approximate surface area is 148 Å². The van der Waals surface area contributed by atoms with Gasteiger partial charge in [0, 0.05) is 36.2 Å². The van der Waals surface area contributed by atoms with Crippen LogP contribution < -0.4 is 5.32 Å². The van der Waals surface area contributed by atoms with Gasteiger partial charge in [0.25, 0.3) is 11.8 Å². The van der Waals surface area contributed by atoms with Crippen LogP contribution in [0.15, 0.2) is 24.3 Å². The lowest BCUT2D eigenvalue weighted by Crippen LogP contribution is -2.44. The fourth-order valence-electron chi connectivity index (χ4n) is 3.13. The minimum atomic E-state index is -0.835. The SMILES string of the molecule is CC(C)NC(=O)c1ccc(C(=O)N2CCCCC2CCC(=O)O)cc1. The molecule has 1 aliphatic heterocycles. The highest BCUT2D eigenvalue weighted by Crippen LogP contribution is 2.23. The summed E-state index contributed by atoms with van der Waals surface area (Å²) in [5.74, 6) is -1.09. The largest absolute Gasteiger partial charge is 0.481 e. The van der Waals surface area contributed by atoms with E-state index in [0.29, 0.717) is 24.1 Å². The molecule has 1 fully saturated rings. The number of hydrogen-bond acceptors (Lipinski definition) is 3. The van der Waals surface area contributed by atoms with Gasteiger partial charge in [0.2, 0.25) is 0 Å². The first-order valence-electron chi connectivity index (χ1n) is 8.82. The monoisotopic (exact) mass is 346 g/mol. The third-order valence-corrected chi connectivity index (χ3v) is 4.39. The summed E-state index contributed by atoms with van der Waals surface area (Å²) in [5, 5.41) is 11.7. The van der Waals surface area contributed by atoms with Crippen molar-refractivity contribution in [3.05, 3.63) is 35.4 Å². The van der Waals surface area contributed by atoms with Crippen molar-refractivity contribution in [3.8, 4) is 0 Å². The van der Waals surface area contributed by atoms with Crippen molar-refractivity contribution in [2.24, 2.45) is 0 Å². The third kappa shape index (κ3) is 5.31. The van der Waals surface area contributed by atoms with Crippen molar-refractivity contribution in [2.45, 2.75) is 58.0 Å². The van der Waals surface area contributed by atoms with Crippen LogP contribution in [0.3, 0.4) is 0 Å². The second-order valence-corrected chi connectivity index (χ2v) is 6.79. The molecule has 2 rings (SSSR count). The predicted octanol–water partition coefficient (Wildman–Crippen LogP) is 2.68. The van der Waals surface area contributed by atoms with Gasteiger partial charge >= 0.3 is 5.97 Å². The summed E-state index contributed by atoms with van der Waals surface area (Å²) < 4.78 is 0. The molecule has 1 aromatic carbocycles. The van der Waals surface area contributed by atoms with E-state index in [9.17, 15) is 14.4 Å². The van der Waals surface area contributed by atoms with Gasteiger partial charge in [-0.3, -0.25) is 14.4 Å². The minimum Gasteiger partial charge on any atom is -0.481 e. The number of likely N-dealkylation sites (tertiary alicyclic amines) is 1. The maximum absolute atomic E-state index is 12.8. The van der Waals surface area contributed by atoms with Gasteiger partial charge in [0.1, 0.15) is 0 Å². The molecule has 25 heavy (non-hydrogen) atoms. The maximum atomic E-state index is 12.8. The molecule has 0 radical (unpaired) electrons. The zero-order chi connectivity index (χ0) is 18.4. The van der Waals surface area contributed by atoms with Crippen molar-refractivity contribution in [3.63, 3.8) is 0 Å². The standard InChI is InChI=1S/C19H26N2O4/c1-13(2)20-18(24)14-6-8-15(9-7-14)19(25)21-12-4-3-5-16(21)10-11-17(22)23/h6-9,13,16H,3-5,10-12H2,1-2H3,(H,20,24)(H,22,23). The third-order valence-electron chi connectivity index (χ3n) is 4.39. The summed E-state index contributed by atoms with van der Waals surface area (Å²) in [4.78, 5) is 37.4. The molecule has 1 unspecified atom stereocenters. The molecule has 1 atom stereocenters. The second kappa shape index (κ2) is 8.65. The number of carboxylic acids is 1. The molecule has 6 nitrogen and oxygen atoms in total. The summed E-state index contributed by atoms with van der Waals surface area (Å²) >= 11 is 0. The molecule has 0 aliphatic carbocycles. The number of hydrogen-bond donors (Lipinski definition) is 2. The lowest BCUT2D eigenvalue weighted by Gasteiger charge is -2.35. The number of carbonyl (C=O) groups is 3. The van der Waals surface area contributed by atoms with Crippen LogP contribution in [0.25, 0.3) is 0 Å². The fourth-order valence-corrected chi connectivity index (χ4v) is 3.13. The van der Waals surface area contributed by atoms with E-state index in [1.54, 1.807) is 29.2 Å². The molecule has 1 aliphatic rings. The predicted molar refractivity (Wildman–Crippen MR) is 94.6 cm³/mol. The average Bonchev–Trinajstić information content (AvgIpc) is 2.59. The molecule has 1 aromatic rings. The highest BCUT2D eigenvalue weighted by Gasteiger charge is 2.27. The van der Waals surface area contributed by atoms with Crippen LogP contribution in [0.1, 0.15) is 66.7 Å². The molecule has 2 amide bonds. The molecule has 0 saturated carbocycles. The Morgan fingerprint density at radius 1 is 1.16 bits per heavy atom. The second-order valence-electron chi connectivity index (χ2n) is 6.79. The highest BCUT2D eigenvalue weighted by molar-refractivity contribution is 5.98. The van der Waals surface area contributed by atoms with Crippen molar-refractivity contribution in [2.75, 3.05) is 6.54 Å². The fraction of sp³-hybridized carbons (Fsp3) is 0.526. The van der Waals surface area contributed by atoms with Crippen LogP contribution in [0.2, 0.25) is 0 Å². The van der Waals surface area contributed by atoms with Crippen LogP contribution >= 0.6 is 0 Å². The summed E-state index contributed by atoms with van der Waals surface area (Å²) in [7, 11) is 0. The molecule has 0 aromatic heterocycles. The summed E-state index contributed by atoms with van der Waals surface area (Å²) in [6.45, 7) is 4.44. The van der Waals surface area contributed by atoms with Gasteiger partial charge < -0.3 is 15.3 Å². The smallest absolute Gasteiger partial charge is 0.303 e. The zero-order valence-electron chi connectivity index (χ0n) is 14.8. The lowest BCUT2D eigenvalue weighted by atomic mass is 9.96. The molecule has 0 spiro atoms. The van der Waals surface area contributed by atoms with E-state index in [0.717, 1.165) is 19.3 Å². The molecular weight excluding hydrogens is 320 g/mol. The first-order valence-corrected chi connectivity index (χ1v) is 8.82. The van der Waals surface area contributed by atoms with Gasteiger partial charge in [0.15, 0.2) is 0 Å². The maximum Gasteiger partial charge on any atom is 0.303 e. The van der Waals surface area contributed by atoms with Crippen molar-refractivity contribution < 1.29 is 19.5 Å². The minimum absolute atomic E-state index is 0.0266. The number of nitrogens with zero attached hydrogens (tertiary/aromatic N) is 1. The number of rotatable bonds is 6. The number of carboxylic acid groups (broad SMARTS) is 1. The normalized spacial score (nSPS) is 17.4. The Balaban J connectivity index is 2.07. The summed E-state index contributed by atoms with van der Waals surface area (Å²) in [6.07, 6.45) is 3.35. The van der Waals surface area contributed by atoms with Gasteiger partial charge in [-0.15, -0.1) is 0 Å². The number of aliphatic carboxylic acids is 1. The summed E-state index contributed by atoms with van der Waals surface area (Å²) in [5.41, 5.74) is 1.05. The van der Waals surface area contributed by atoms with Crippen molar-refractivity contribution in [1.29, 1.82) is 0 Å². The first kappa shape index (κ1) is 19.0. The number of benzene rings is 1. The Morgan fingerprint density at radius 2 is 1.80 bits per heavy atom. The van der Waals surface area contributed by atoms with Crippen molar-refractivity contribution in [1.82, 2.24) is 10.2 Å². The van der Waals surface area contributed by atoms with Crippen LogP contribution in [0.5, 0.6) is 0 Å². The van der Waals surface area contributed by atoms with E-state index in [1.165, 1.54) is 0 Å². The molecule has 6 heteroatoms. The van der Waals surface area contributed by atoms with E-state index >= 15 is 0 Å². The molecule has 1 heterocycles. The van der Waals surface area contributed by atoms with Gasteiger partial charge in [0.05, 0.1) is 0 Å². The van der Waals surface area contributed by atoms with E-state index in [2.05, 4.69) is 5.32 Å². The lowest BCUT2D eigenvalue weighted by molar-refractivity contribution is -0.137. The van der Waals surface area contributed by atoms with Crippen LogP contribution in [-0.4, -0.2) is 46.4 Å². The van der Waals surface area contributed by atoms with E-state index in [-0.39, 0.29) is 30.3 Å². The molecular formula is C19H26N2O4. The Kier molecular flexibility index (Phi) is 6.56.